The fourth-order valence-electron chi connectivity index (χ4n) is 1.79. The summed E-state index contributed by atoms with van der Waals surface area (Å²) in [6.07, 6.45) is 7.30. The number of nitrogens with one attached hydrogen (secondary N) is 1. The number of aromatic nitrogens is 2. The van der Waals surface area contributed by atoms with Crippen LogP contribution in [0.4, 0.5) is 5.95 Å². The van der Waals surface area contributed by atoms with Crippen molar-refractivity contribution < 1.29 is 0 Å². The molecule has 0 saturated carbocycles. The lowest BCUT2D eigenvalue weighted by Gasteiger charge is -2.27. The van der Waals surface area contributed by atoms with Crippen LogP contribution in [0.15, 0.2) is 34.8 Å². The van der Waals surface area contributed by atoms with Gasteiger partial charge in [-0.2, -0.15) is 5.11 Å². The molecule has 2 atom stereocenters. The van der Waals surface area contributed by atoms with Crippen molar-refractivity contribution in [3.8, 4) is 11.8 Å². The van der Waals surface area contributed by atoms with Crippen LogP contribution in [-0.4, -0.2) is 34.7 Å². The molecule has 21 heavy (non-hydrogen) atoms. The number of nitrogens with two attached hydrogens (primary N) is 1. The first kappa shape index (κ1) is 15.4. The molecule has 0 amide bonds. The van der Waals surface area contributed by atoms with Gasteiger partial charge in [0.15, 0.2) is 0 Å². The van der Waals surface area contributed by atoms with Crippen LogP contribution in [0.3, 0.4) is 0 Å². The molecular weight excluding hydrogens is 264 g/mol. The minimum absolute atomic E-state index is 0.0320. The van der Waals surface area contributed by atoms with Crippen molar-refractivity contribution in [2.75, 3.05) is 13.1 Å². The zero-order valence-electron chi connectivity index (χ0n) is 12.7. The Morgan fingerprint density at radius 3 is 3.00 bits per heavy atom. The molecular formula is C15H22N6. The van der Waals surface area contributed by atoms with Gasteiger partial charge in [0.2, 0.25) is 5.95 Å². The Bertz CT molecular complexity index is 587. The zero-order valence-corrected chi connectivity index (χ0v) is 12.7. The van der Waals surface area contributed by atoms with Gasteiger partial charge in [-0.15, -0.1) is 5.11 Å². The van der Waals surface area contributed by atoms with E-state index in [4.69, 9.17) is 5.73 Å². The van der Waals surface area contributed by atoms with Gasteiger partial charge in [-0.05, 0) is 24.1 Å². The molecule has 1 heterocycles. The van der Waals surface area contributed by atoms with Gasteiger partial charge in [0.05, 0.1) is 6.04 Å². The molecule has 112 valence electrons. The van der Waals surface area contributed by atoms with Crippen LogP contribution < -0.4 is 11.1 Å². The second-order valence-electron chi connectivity index (χ2n) is 5.92. The van der Waals surface area contributed by atoms with Gasteiger partial charge < -0.3 is 15.6 Å². The van der Waals surface area contributed by atoms with Crippen LogP contribution in [0.5, 0.6) is 0 Å². The lowest BCUT2D eigenvalue weighted by Crippen LogP contribution is -2.44. The lowest BCUT2D eigenvalue weighted by molar-refractivity contribution is 0.337. The van der Waals surface area contributed by atoms with E-state index in [2.05, 4.69) is 46.2 Å². The predicted octanol–water partition coefficient (Wildman–Crippen LogP) is 1.39. The van der Waals surface area contributed by atoms with Crippen LogP contribution in [-0.2, 0) is 7.05 Å². The van der Waals surface area contributed by atoms with Gasteiger partial charge in [-0.25, -0.2) is 4.98 Å². The van der Waals surface area contributed by atoms with Crippen molar-refractivity contribution in [2.45, 2.75) is 25.9 Å². The van der Waals surface area contributed by atoms with E-state index in [1.807, 2.05) is 30.0 Å². The number of hydrogen-bond donors (Lipinski definition) is 2. The fraction of sp³-hybridized carbons (Fsp3) is 0.533. The molecule has 3 N–H and O–H groups in total. The van der Waals surface area contributed by atoms with Gasteiger partial charge in [0.1, 0.15) is 6.04 Å². The maximum Gasteiger partial charge on any atom is 0.248 e. The SMILES string of the molecule is Cn1ccnc1N=NC1C=CC#CC1NCC(C)(C)CN. The van der Waals surface area contributed by atoms with Gasteiger partial charge in [0.25, 0.3) is 0 Å². The maximum absolute atomic E-state index is 5.75. The molecule has 0 spiro atoms. The normalized spacial score (nSPS) is 21.5. The van der Waals surface area contributed by atoms with Crippen molar-refractivity contribution in [3.63, 3.8) is 0 Å². The van der Waals surface area contributed by atoms with Crippen molar-refractivity contribution in [3.05, 3.63) is 24.5 Å². The van der Waals surface area contributed by atoms with Gasteiger partial charge in [-0.3, -0.25) is 0 Å². The molecule has 6 nitrogen and oxygen atoms in total. The molecule has 2 rings (SSSR count). The summed E-state index contributed by atoms with van der Waals surface area (Å²) in [6.45, 7) is 5.65. The number of azo groups is 1. The minimum atomic E-state index is -0.114. The fourth-order valence-corrected chi connectivity index (χ4v) is 1.79. The highest BCUT2D eigenvalue weighted by Crippen LogP contribution is 2.14. The molecule has 2 unspecified atom stereocenters. The van der Waals surface area contributed by atoms with Crippen molar-refractivity contribution >= 4 is 5.95 Å². The maximum atomic E-state index is 5.75. The number of nitrogens with zero attached hydrogens (tertiary/aromatic N) is 4. The smallest absolute Gasteiger partial charge is 0.248 e. The van der Waals surface area contributed by atoms with E-state index in [-0.39, 0.29) is 17.5 Å². The predicted molar refractivity (Wildman–Crippen MR) is 83.1 cm³/mol. The van der Waals surface area contributed by atoms with Gasteiger partial charge >= 0.3 is 0 Å². The van der Waals surface area contributed by atoms with E-state index in [0.29, 0.717) is 12.5 Å². The summed E-state index contributed by atoms with van der Waals surface area (Å²) in [4.78, 5) is 4.13. The third-order valence-corrected chi connectivity index (χ3v) is 3.39. The first-order chi connectivity index (χ1) is 10.0. The molecule has 0 aromatic carbocycles. The van der Waals surface area contributed by atoms with E-state index < -0.39 is 0 Å². The average molecular weight is 286 g/mol. The van der Waals surface area contributed by atoms with Crippen molar-refractivity contribution in [1.82, 2.24) is 14.9 Å². The Morgan fingerprint density at radius 1 is 1.52 bits per heavy atom. The Kier molecular flexibility index (Phi) is 4.89. The van der Waals surface area contributed by atoms with E-state index in [1.54, 1.807) is 6.20 Å². The number of hydrogen-bond acceptors (Lipinski definition) is 5. The number of rotatable bonds is 6. The summed E-state index contributed by atoms with van der Waals surface area (Å²) < 4.78 is 1.82. The molecule has 1 aromatic heterocycles. The summed E-state index contributed by atoms with van der Waals surface area (Å²) in [5.74, 6) is 6.70. The molecule has 0 saturated heterocycles. The van der Waals surface area contributed by atoms with E-state index in [9.17, 15) is 0 Å². The summed E-state index contributed by atoms with van der Waals surface area (Å²) in [7, 11) is 1.89. The highest BCUT2D eigenvalue weighted by Gasteiger charge is 2.22. The van der Waals surface area contributed by atoms with E-state index >= 15 is 0 Å². The Balaban J connectivity index is 2.01. The first-order valence-corrected chi connectivity index (χ1v) is 7.01. The molecule has 1 aromatic rings. The third kappa shape index (κ3) is 4.25. The molecule has 0 aliphatic heterocycles. The summed E-state index contributed by atoms with van der Waals surface area (Å²) >= 11 is 0. The highest BCUT2D eigenvalue weighted by molar-refractivity contribution is 5.30. The monoisotopic (exact) mass is 286 g/mol. The molecule has 1 aliphatic carbocycles. The van der Waals surface area contributed by atoms with Crippen LogP contribution in [0.1, 0.15) is 13.8 Å². The number of imidazole rings is 1. The second kappa shape index (κ2) is 6.66. The standard InChI is InChI=1S/C15H22N6/c1-15(2,10-16)11-18-12-6-4-5-7-13(12)19-20-14-17-8-9-21(14)3/h5,7-9,12-13,18H,10-11,16H2,1-3H3. The summed E-state index contributed by atoms with van der Waals surface area (Å²) in [5, 5.41) is 12.0. The van der Waals surface area contributed by atoms with Gasteiger partial charge in [0, 0.05) is 26.0 Å². The lowest BCUT2D eigenvalue weighted by atomic mass is 9.93. The van der Waals surface area contributed by atoms with Crippen LogP contribution >= 0.6 is 0 Å². The molecule has 0 bridgehead atoms. The number of aryl methyl sites for hydroxylation is 1. The molecule has 0 fully saturated rings. The van der Waals surface area contributed by atoms with Crippen molar-refractivity contribution in [2.24, 2.45) is 28.4 Å². The Hall–Kier alpha value is -1.97. The third-order valence-electron chi connectivity index (χ3n) is 3.39. The summed E-state index contributed by atoms with van der Waals surface area (Å²) in [6, 6.07) is -0.165. The quantitative estimate of drug-likeness (QED) is 0.612. The topological polar surface area (TPSA) is 80.6 Å². The van der Waals surface area contributed by atoms with Gasteiger partial charge in [-0.1, -0.05) is 25.7 Å². The summed E-state index contributed by atoms with van der Waals surface area (Å²) in [5.41, 5.74) is 5.79. The van der Waals surface area contributed by atoms with Crippen LogP contribution in [0, 0.1) is 17.3 Å². The molecule has 6 heteroatoms. The zero-order chi connectivity index (χ0) is 15.3. The largest absolute Gasteiger partial charge is 0.330 e. The molecule has 1 aliphatic rings. The van der Waals surface area contributed by atoms with E-state index in [0.717, 1.165) is 6.54 Å². The van der Waals surface area contributed by atoms with Crippen molar-refractivity contribution in [1.29, 1.82) is 0 Å². The van der Waals surface area contributed by atoms with E-state index in [1.165, 1.54) is 0 Å². The highest BCUT2D eigenvalue weighted by atomic mass is 15.3. The minimum Gasteiger partial charge on any atom is -0.330 e. The Morgan fingerprint density at radius 2 is 2.33 bits per heavy atom. The van der Waals surface area contributed by atoms with Crippen LogP contribution in [0.25, 0.3) is 0 Å². The molecule has 0 radical (unpaired) electrons. The number of allylic oxidation sites excluding steroid dienone is 1. The first-order valence-electron chi connectivity index (χ1n) is 7.01. The van der Waals surface area contributed by atoms with Crippen LogP contribution in [0.2, 0.25) is 0 Å². The Labute approximate surface area is 125 Å². The second-order valence-corrected chi connectivity index (χ2v) is 5.92. The average Bonchev–Trinajstić information content (AvgIpc) is 2.89.